The van der Waals surface area contributed by atoms with Crippen LogP contribution in [0.15, 0.2) is 138 Å². The maximum Gasteiger partial charge on any atom is 0.223 e. The molecule has 0 atom stereocenters. The highest BCUT2D eigenvalue weighted by Crippen LogP contribution is 2.46. The molecule has 3 nitrogen and oxygen atoms in total. The molecule has 1 aliphatic heterocycles. The van der Waals surface area contributed by atoms with E-state index in [9.17, 15) is 0 Å². The molecule has 6 aromatic rings. The Hall–Kier alpha value is -5.15. The first-order valence-corrected chi connectivity index (χ1v) is 14.0. The Balaban J connectivity index is 1.53. The average molecular weight is 531 g/mol. The molecule has 1 aliphatic rings. The van der Waals surface area contributed by atoms with Gasteiger partial charge in [-0.1, -0.05) is 127 Å². The van der Waals surface area contributed by atoms with Crippen molar-refractivity contribution in [3.63, 3.8) is 0 Å². The summed E-state index contributed by atoms with van der Waals surface area (Å²) < 4.78 is 9.12. The van der Waals surface area contributed by atoms with Crippen LogP contribution in [0.5, 0.6) is 0 Å². The smallest absolute Gasteiger partial charge is 0.223 e. The van der Waals surface area contributed by atoms with Gasteiger partial charge in [0.25, 0.3) is 0 Å². The number of aromatic nitrogens is 1. The molecular weight excluding hydrogens is 500 g/mol. The summed E-state index contributed by atoms with van der Waals surface area (Å²) in [6.45, 7) is 2.69. The number of rotatable bonds is 5. The average Bonchev–Trinajstić information content (AvgIpc) is 3.53. The summed E-state index contributed by atoms with van der Waals surface area (Å²) in [6, 6.07) is 46.8. The van der Waals surface area contributed by atoms with E-state index in [0.29, 0.717) is 12.4 Å². The first kappa shape index (κ1) is 24.9. The number of aliphatic imine (C=N–C) groups is 1. The lowest BCUT2D eigenvalue weighted by Gasteiger charge is -2.16. The fourth-order valence-electron chi connectivity index (χ4n) is 5.81. The molecule has 0 radical (unpaired) electrons. The molecule has 7 rings (SSSR count). The Morgan fingerprint density at radius 2 is 1.32 bits per heavy atom. The highest BCUT2D eigenvalue weighted by Gasteiger charge is 2.31. The summed E-state index contributed by atoms with van der Waals surface area (Å²) in [7, 11) is 2.16. The number of nitrogens with zero attached hydrogens (tertiary/aromatic N) is 2. The topological polar surface area (TPSA) is 26.5 Å². The number of aryl methyl sites for hydroxylation is 2. The van der Waals surface area contributed by atoms with E-state index in [1.165, 1.54) is 22.0 Å². The van der Waals surface area contributed by atoms with Crippen molar-refractivity contribution in [2.24, 2.45) is 12.0 Å². The third-order valence-corrected chi connectivity index (χ3v) is 7.82. The van der Waals surface area contributed by atoms with Gasteiger partial charge in [0.05, 0.1) is 12.2 Å². The van der Waals surface area contributed by atoms with E-state index in [-0.39, 0.29) is 0 Å². The zero-order chi connectivity index (χ0) is 27.8. The first-order chi connectivity index (χ1) is 20.2. The van der Waals surface area contributed by atoms with Gasteiger partial charge in [0.1, 0.15) is 5.76 Å². The molecule has 0 saturated heterocycles. The van der Waals surface area contributed by atoms with Crippen LogP contribution in [0.4, 0.5) is 0 Å². The molecule has 5 aromatic carbocycles. The fraction of sp³-hybridized carbons (Fsp3) is 0.0789. The molecule has 0 bridgehead atoms. The minimum absolute atomic E-state index is 0.557. The first-order valence-electron chi connectivity index (χ1n) is 14.0. The summed E-state index contributed by atoms with van der Waals surface area (Å²) in [5.74, 6) is 1.49. The molecule has 0 unspecified atom stereocenters. The van der Waals surface area contributed by atoms with E-state index in [2.05, 4.69) is 134 Å². The van der Waals surface area contributed by atoms with E-state index in [0.717, 1.165) is 44.8 Å². The van der Waals surface area contributed by atoms with Crippen LogP contribution in [0.1, 0.15) is 33.4 Å². The van der Waals surface area contributed by atoms with Crippen molar-refractivity contribution < 1.29 is 4.74 Å². The van der Waals surface area contributed by atoms with Crippen LogP contribution in [0, 0.1) is 6.92 Å². The van der Waals surface area contributed by atoms with E-state index in [1.54, 1.807) is 0 Å². The maximum atomic E-state index is 6.81. The third-order valence-electron chi connectivity index (χ3n) is 7.82. The summed E-state index contributed by atoms with van der Waals surface area (Å²) in [4.78, 5) is 4.97. The number of para-hydroxylation sites is 1. The van der Waals surface area contributed by atoms with Crippen LogP contribution in [-0.2, 0) is 18.3 Å². The highest BCUT2D eigenvalue weighted by molar-refractivity contribution is 6.16. The molecule has 0 aliphatic carbocycles. The quantitative estimate of drug-likeness (QED) is 0.218. The van der Waals surface area contributed by atoms with Crippen LogP contribution >= 0.6 is 0 Å². The largest absolute Gasteiger partial charge is 0.437 e. The predicted molar refractivity (Wildman–Crippen MR) is 170 cm³/mol. The van der Waals surface area contributed by atoms with Gasteiger partial charge in [0.15, 0.2) is 0 Å². The Morgan fingerprint density at radius 1 is 0.683 bits per heavy atom. The van der Waals surface area contributed by atoms with Crippen molar-refractivity contribution in [2.45, 2.75) is 13.5 Å². The molecule has 0 saturated carbocycles. The Labute approximate surface area is 240 Å². The van der Waals surface area contributed by atoms with Crippen LogP contribution in [0.3, 0.4) is 0 Å². The standard InChI is InChI=1S/C38H30N2O/c1-26-21-23-29(24-22-26)36-35(32-19-11-12-20-33(32)40(36)2)34(28-15-7-4-8-16-28)37-30-17-9-10-18-31(30)38(41-37)39-25-27-13-5-3-6-14-27/h3-24H,25H2,1-2H3/b37-34-,39-38?. The van der Waals surface area contributed by atoms with Gasteiger partial charge in [-0.3, -0.25) is 0 Å². The number of hydrogen-bond acceptors (Lipinski definition) is 2. The molecule has 1 aromatic heterocycles. The summed E-state index contributed by atoms with van der Waals surface area (Å²) in [6.07, 6.45) is 0. The number of fused-ring (bicyclic) bond motifs is 2. The van der Waals surface area contributed by atoms with Gasteiger partial charge >= 0.3 is 0 Å². The predicted octanol–water partition coefficient (Wildman–Crippen LogP) is 9.05. The number of hydrogen-bond donors (Lipinski definition) is 0. The second-order valence-electron chi connectivity index (χ2n) is 10.5. The van der Waals surface area contributed by atoms with Gasteiger partial charge in [0.2, 0.25) is 5.90 Å². The highest BCUT2D eigenvalue weighted by atomic mass is 16.5. The van der Waals surface area contributed by atoms with Gasteiger partial charge in [0, 0.05) is 40.2 Å². The van der Waals surface area contributed by atoms with Crippen LogP contribution < -0.4 is 0 Å². The van der Waals surface area contributed by atoms with Crippen molar-refractivity contribution in [3.05, 3.63) is 167 Å². The van der Waals surface area contributed by atoms with Crippen molar-refractivity contribution in [3.8, 4) is 11.3 Å². The van der Waals surface area contributed by atoms with Crippen molar-refractivity contribution in [1.82, 2.24) is 4.57 Å². The zero-order valence-electron chi connectivity index (χ0n) is 23.2. The van der Waals surface area contributed by atoms with Gasteiger partial charge in [-0.25, -0.2) is 4.99 Å². The minimum Gasteiger partial charge on any atom is -0.437 e. The molecule has 0 fully saturated rings. The molecule has 2 heterocycles. The molecule has 3 heteroatoms. The van der Waals surface area contributed by atoms with E-state index in [1.807, 2.05) is 18.2 Å². The molecular formula is C38H30N2O. The van der Waals surface area contributed by atoms with E-state index in [4.69, 9.17) is 9.73 Å². The molecule has 0 amide bonds. The van der Waals surface area contributed by atoms with Crippen molar-refractivity contribution >= 4 is 28.1 Å². The van der Waals surface area contributed by atoms with Crippen LogP contribution in [-0.4, -0.2) is 10.5 Å². The van der Waals surface area contributed by atoms with Crippen LogP contribution in [0.2, 0.25) is 0 Å². The van der Waals surface area contributed by atoms with Gasteiger partial charge in [-0.05, 0) is 35.7 Å². The van der Waals surface area contributed by atoms with E-state index >= 15 is 0 Å². The molecule has 41 heavy (non-hydrogen) atoms. The third kappa shape index (κ3) is 4.46. The van der Waals surface area contributed by atoms with Gasteiger partial charge in [-0.15, -0.1) is 0 Å². The summed E-state index contributed by atoms with van der Waals surface area (Å²) >= 11 is 0. The summed E-state index contributed by atoms with van der Waals surface area (Å²) in [5.41, 5.74) is 11.3. The zero-order valence-corrected chi connectivity index (χ0v) is 23.2. The van der Waals surface area contributed by atoms with E-state index < -0.39 is 0 Å². The maximum absolute atomic E-state index is 6.81. The lowest BCUT2D eigenvalue weighted by molar-refractivity contribution is 0.523. The molecule has 198 valence electrons. The molecule has 0 spiro atoms. The monoisotopic (exact) mass is 530 g/mol. The fourth-order valence-corrected chi connectivity index (χ4v) is 5.81. The molecule has 0 N–H and O–H groups in total. The second kappa shape index (κ2) is 10.4. The lowest BCUT2D eigenvalue weighted by atomic mass is 9.90. The summed E-state index contributed by atoms with van der Waals surface area (Å²) in [5, 5.41) is 1.19. The SMILES string of the molecule is Cc1ccc(-c2c(/C(=C3\OC(=NCc4ccccc4)c4ccccc43)c3ccccc3)c3ccccc3n2C)cc1. The van der Waals surface area contributed by atoms with Crippen LogP contribution in [0.25, 0.3) is 33.5 Å². The normalized spacial score (nSPS) is 14.7. The minimum atomic E-state index is 0.557. The second-order valence-corrected chi connectivity index (χ2v) is 10.5. The van der Waals surface area contributed by atoms with Gasteiger partial charge < -0.3 is 9.30 Å². The van der Waals surface area contributed by atoms with Gasteiger partial charge in [-0.2, -0.15) is 0 Å². The van der Waals surface area contributed by atoms with Crippen molar-refractivity contribution in [1.29, 1.82) is 0 Å². The Kier molecular flexibility index (Phi) is 6.33. The Morgan fingerprint density at radius 3 is 2.07 bits per heavy atom. The number of ether oxygens (including phenoxy) is 1. The van der Waals surface area contributed by atoms with Crippen molar-refractivity contribution in [2.75, 3.05) is 0 Å². The lowest BCUT2D eigenvalue weighted by Crippen LogP contribution is -2.00. The Bertz CT molecular complexity index is 1930. The number of benzene rings is 5.